The van der Waals surface area contributed by atoms with Gasteiger partial charge in [0.25, 0.3) is 0 Å². The Balaban J connectivity index is 0.00000300. The SMILES string of the molecule is Cl.O=S(=O)(NC(CN1CCOCC1)c1ccccc1)c1cccc(C(F)(F)F)c1. The summed E-state index contributed by atoms with van der Waals surface area (Å²) in [6, 6.07) is 12.1. The van der Waals surface area contributed by atoms with Gasteiger partial charge in [0.1, 0.15) is 0 Å². The van der Waals surface area contributed by atoms with Crippen LogP contribution in [0.2, 0.25) is 0 Å². The third-order valence-electron chi connectivity index (χ3n) is 4.52. The number of rotatable bonds is 6. The molecule has 1 saturated heterocycles. The number of benzene rings is 2. The fourth-order valence-corrected chi connectivity index (χ4v) is 4.29. The van der Waals surface area contributed by atoms with Crippen molar-refractivity contribution in [2.24, 2.45) is 0 Å². The van der Waals surface area contributed by atoms with Crippen molar-refractivity contribution in [3.8, 4) is 0 Å². The van der Waals surface area contributed by atoms with E-state index < -0.39 is 32.7 Å². The van der Waals surface area contributed by atoms with Gasteiger partial charge < -0.3 is 4.74 Å². The maximum Gasteiger partial charge on any atom is 0.416 e. The van der Waals surface area contributed by atoms with Crippen molar-refractivity contribution < 1.29 is 26.3 Å². The van der Waals surface area contributed by atoms with Gasteiger partial charge in [-0.05, 0) is 23.8 Å². The van der Waals surface area contributed by atoms with Crippen molar-refractivity contribution in [3.05, 3.63) is 65.7 Å². The van der Waals surface area contributed by atoms with Gasteiger partial charge in [0.2, 0.25) is 10.0 Å². The minimum atomic E-state index is -4.61. The number of ether oxygens (including phenoxy) is 1. The van der Waals surface area contributed by atoms with Gasteiger partial charge in [-0.15, -0.1) is 12.4 Å². The van der Waals surface area contributed by atoms with Gasteiger partial charge in [-0.3, -0.25) is 4.90 Å². The molecule has 160 valence electrons. The number of hydrogen-bond donors (Lipinski definition) is 1. The Labute approximate surface area is 174 Å². The minimum Gasteiger partial charge on any atom is -0.379 e. The van der Waals surface area contributed by atoms with Crippen LogP contribution in [-0.2, 0) is 20.9 Å². The Bertz CT molecular complexity index is 889. The van der Waals surface area contributed by atoms with Crippen molar-refractivity contribution in [3.63, 3.8) is 0 Å². The molecule has 1 heterocycles. The summed E-state index contributed by atoms with van der Waals surface area (Å²) in [5.41, 5.74) is -0.260. The van der Waals surface area contributed by atoms with Crippen LogP contribution in [0.5, 0.6) is 0 Å². The van der Waals surface area contributed by atoms with Gasteiger partial charge in [0.05, 0.1) is 29.7 Å². The highest BCUT2D eigenvalue weighted by atomic mass is 35.5. The third kappa shape index (κ3) is 6.42. The third-order valence-corrected chi connectivity index (χ3v) is 5.98. The van der Waals surface area contributed by atoms with E-state index in [1.807, 2.05) is 6.07 Å². The summed E-state index contributed by atoms with van der Waals surface area (Å²) >= 11 is 0. The van der Waals surface area contributed by atoms with E-state index >= 15 is 0 Å². The van der Waals surface area contributed by atoms with E-state index in [0.717, 1.165) is 23.8 Å². The number of nitrogens with one attached hydrogen (secondary N) is 1. The number of alkyl halides is 3. The molecule has 2 aromatic rings. The van der Waals surface area contributed by atoms with E-state index in [-0.39, 0.29) is 12.4 Å². The fraction of sp³-hybridized carbons (Fsp3) is 0.368. The number of nitrogens with zero attached hydrogens (tertiary/aromatic N) is 1. The minimum absolute atomic E-state index is 0. The highest BCUT2D eigenvalue weighted by Crippen LogP contribution is 2.30. The molecule has 0 aliphatic carbocycles. The smallest absolute Gasteiger partial charge is 0.379 e. The van der Waals surface area contributed by atoms with Crippen LogP contribution >= 0.6 is 12.4 Å². The van der Waals surface area contributed by atoms with Crippen molar-refractivity contribution in [1.29, 1.82) is 0 Å². The zero-order chi connectivity index (χ0) is 20.2. The standard InChI is InChI=1S/C19H21F3N2O3S.ClH/c20-19(21,22)16-7-4-8-17(13-16)28(25,26)23-18(15-5-2-1-3-6-15)14-24-9-11-27-12-10-24;/h1-8,13,18,23H,9-12,14H2;1H. The summed E-state index contributed by atoms with van der Waals surface area (Å²) in [4.78, 5) is 1.65. The van der Waals surface area contributed by atoms with Crippen LogP contribution < -0.4 is 4.72 Å². The predicted molar refractivity (Wildman–Crippen MR) is 105 cm³/mol. The Kier molecular flexibility index (Phi) is 8.07. The molecule has 5 nitrogen and oxygen atoms in total. The van der Waals surface area contributed by atoms with Gasteiger partial charge >= 0.3 is 6.18 Å². The molecule has 1 unspecified atom stereocenters. The maximum absolute atomic E-state index is 13.0. The maximum atomic E-state index is 13.0. The highest BCUT2D eigenvalue weighted by Gasteiger charge is 2.32. The van der Waals surface area contributed by atoms with E-state index in [4.69, 9.17) is 4.74 Å². The predicted octanol–water partition coefficient (Wildman–Crippen LogP) is 3.48. The van der Waals surface area contributed by atoms with Gasteiger partial charge in [-0.1, -0.05) is 36.4 Å². The van der Waals surface area contributed by atoms with Crippen molar-refractivity contribution in [2.75, 3.05) is 32.8 Å². The normalized spacial score (nSPS) is 16.8. The van der Waals surface area contributed by atoms with E-state index in [2.05, 4.69) is 9.62 Å². The van der Waals surface area contributed by atoms with Gasteiger partial charge in [-0.25, -0.2) is 13.1 Å². The Hall–Kier alpha value is -1.65. The van der Waals surface area contributed by atoms with Crippen LogP contribution in [0.25, 0.3) is 0 Å². The first-order valence-corrected chi connectivity index (χ1v) is 10.3. The zero-order valence-corrected chi connectivity index (χ0v) is 17.1. The molecular formula is C19H22ClF3N2O3S. The largest absolute Gasteiger partial charge is 0.416 e. The molecule has 1 fully saturated rings. The summed E-state index contributed by atoms with van der Waals surface area (Å²) in [5, 5.41) is 0. The van der Waals surface area contributed by atoms with Crippen LogP contribution in [0.3, 0.4) is 0 Å². The molecule has 0 saturated carbocycles. The first-order valence-electron chi connectivity index (χ1n) is 8.80. The molecule has 0 amide bonds. The lowest BCUT2D eigenvalue weighted by Crippen LogP contribution is -2.43. The second kappa shape index (κ2) is 9.90. The second-order valence-electron chi connectivity index (χ2n) is 6.52. The summed E-state index contributed by atoms with van der Waals surface area (Å²) < 4.78 is 72.4. The van der Waals surface area contributed by atoms with E-state index in [1.165, 1.54) is 0 Å². The number of hydrogen-bond acceptors (Lipinski definition) is 4. The average molecular weight is 451 g/mol. The molecule has 1 atom stereocenters. The summed E-state index contributed by atoms with van der Waals surface area (Å²) in [5.74, 6) is 0. The topological polar surface area (TPSA) is 58.6 Å². The van der Waals surface area contributed by atoms with Crippen LogP contribution in [-0.4, -0.2) is 46.2 Å². The molecule has 0 radical (unpaired) electrons. The Morgan fingerprint density at radius 3 is 2.31 bits per heavy atom. The van der Waals surface area contributed by atoms with Gasteiger partial charge in [-0.2, -0.15) is 13.2 Å². The summed E-state index contributed by atoms with van der Waals surface area (Å²) in [6.45, 7) is 2.83. The fourth-order valence-electron chi connectivity index (χ4n) is 3.03. The van der Waals surface area contributed by atoms with Crippen LogP contribution in [0.4, 0.5) is 13.2 Å². The number of sulfonamides is 1. The lowest BCUT2D eigenvalue weighted by Gasteiger charge is -2.31. The number of halogens is 4. The second-order valence-corrected chi connectivity index (χ2v) is 8.24. The van der Waals surface area contributed by atoms with Gasteiger partial charge in [0.15, 0.2) is 0 Å². The van der Waals surface area contributed by atoms with Crippen LogP contribution in [0.15, 0.2) is 59.5 Å². The number of morpholine rings is 1. The van der Waals surface area contributed by atoms with E-state index in [9.17, 15) is 21.6 Å². The van der Waals surface area contributed by atoms with Crippen molar-refractivity contribution in [1.82, 2.24) is 9.62 Å². The zero-order valence-electron chi connectivity index (χ0n) is 15.4. The Morgan fingerprint density at radius 1 is 1.03 bits per heavy atom. The highest BCUT2D eigenvalue weighted by molar-refractivity contribution is 7.89. The van der Waals surface area contributed by atoms with E-state index in [1.54, 1.807) is 24.3 Å². The molecule has 1 aliphatic heterocycles. The van der Waals surface area contributed by atoms with Crippen molar-refractivity contribution in [2.45, 2.75) is 17.1 Å². The lowest BCUT2D eigenvalue weighted by atomic mass is 10.1. The molecule has 0 spiro atoms. The molecule has 2 aromatic carbocycles. The molecule has 0 bridgehead atoms. The van der Waals surface area contributed by atoms with Crippen LogP contribution in [0.1, 0.15) is 17.2 Å². The monoisotopic (exact) mass is 450 g/mol. The van der Waals surface area contributed by atoms with Crippen molar-refractivity contribution >= 4 is 22.4 Å². The molecule has 0 aromatic heterocycles. The van der Waals surface area contributed by atoms with Gasteiger partial charge in [0, 0.05) is 19.6 Å². The molecule has 1 N–H and O–H groups in total. The molecule has 3 rings (SSSR count). The first-order chi connectivity index (χ1) is 13.3. The van der Waals surface area contributed by atoms with Crippen LogP contribution in [0, 0.1) is 0 Å². The quantitative estimate of drug-likeness (QED) is 0.732. The molecule has 10 heteroatoms. The summed E-state index contributed by atoms with van der Waals surface area (Å²) in [7, 11) is -4.15. The van der Waals surface area contributed by atoms with E-state index in [0.29, 0.717) is 38.9 Å². The average Bonchev–Trinajstić information content (AvgIpc) is 2.68. The molecular weight excluding hydrogens is 429 g/mol. The first kappa shape index (κ1) is 23.6. The molecule has 1 aliphatic rings. The summed E-state index contributed by atoms with van der Waals surface area (Å²) in [6.07, 6.45) is -4.61. The Morgan fingerprint density at radius 2 is 1.69 bits per heavy atom. The lowest BCUT2D eigenvalue weighted by molar-refractivity contribution is -0.137. The molecule has 29 heavy (non-hydrogen) atoms.